The number of nitrogens with zero attached hydrogens (tertiary/aromatic N) is 1. The zero-order chi connectivity index (χ0) is 13.7. The van der Waals surface area contributed by atoms with E-state index in [0.29, 0.717) is 12.5 Å². The summed E-state index contributed by atoms with van der Waals surface area (Å²) in [6, 6.07) is 8.81. The van der Waals surface area contributed by atoms with E-state index in [1.165, 1.54) is 12.7 Å². The van der Waals surface area contributed by atoms with Crippen LogP contribution in [-0.4, -0.2) is 43.7 Å². The second kappa shape index (κ2) is 10.0. The Morgan fingerprint density at radius 3 is 2.48 bits per heavy atom. The lowest BCUT2D eigenvalue weighted by molar-refractivity contribution is -0.139. The second-order valence-corrected chi connectivity index (χ2v) is 5.09. The van der Waals surface area contributed by atoms with Crippen molar-refractivity contribution in [1.82, 2.24) is 10.2 Å². The predicted octanol–water partition coefficient (Wildman–Crippen LogP) is 2.04. The molecule has 1 fully saturated rings. The molecular weight excluding hydrogens is 311 g/mol. The number of esters is 1. The zero-order valence-corrected chi connectivity index (χ0v) is 14.1. The summed E-state index contributed by atoms with van der Waals surface area (Å²) < 4.78 is 4.67. The number of piperazine rings is 1. The number of hydrogen-bond acceptors (Lipinski definition) is 4. The lowest BCUT2D eigenvalue weighted by Crippen LogP contribution is -2.49. The maximum absolute atomic E-state index is 11.2. The number of methoxy groups -OCH3 is 1. The Labute approximate surface area is 139 Å². The Hall–Kier alpha value is -0.810. The van der Waals surface area contributed by atoms with Crippen LogP contribution in [0.4, 0.5) is 0 Å². The van der Waals surface area contributed by atoms with Gasteiger partial charge in [0.15, 0.2) is 0 Å². The molecule has 0 bridgehead atoms. The highest BCUT2D eigenvalue weighted by atomic mass is 35.5. The summed E-state index contributed by atoms with van der Waals surface area (Å²) >= 11 is 0. The normalized spacial score (nSPS) is 18.3. The van der Waals surface area contributed by atoms with Crippen molar-refractivity contribution in [2.45, 2.75) is 25.9 Å². The van der Waals surface area contributed by atoms with Gasteiger partial charge < -0.3 is 10.1 Å². The summed E-state index contributed by atoms with van der Waals surface area (Å²) in [4.78, 5) is 13.7. The van der Waals surface area contributed by atoms with Crippen LogP contribution in [0.3, 0.4) is 0 Å². The fourth-order valence-corrected chi connectivity index (χ4v) is 2.35. The molecule has 120 valence electrons. The van der Waals surface area contributed by atoms with Gasteiger partial charge in [-0.15, -0.1) is 24.8 Å². The summed E-state index contributed by atoms with van der Waals surface area (Å²) in [5.41, 5.74) is 2.30. The van der Waals surface area contributed by atoms with Gasteiger partial charge in [0.25, 0.3) is 0 Å². The summed E-state index contributed by atoms with van der Waals surface area (Å²) in [5, 5.41) is 3.39. The van der Waals surface area contributed by atoms with Crippen molar-refractivity contribution in [2.24, 2.45) is 0 Å². The van der Waals surface area contributed by atoms with Gasteiger partial charge >= 0.3 is 5.97 Å². The monoisotopic (exact) mass is 334 g/mol. The van der Waals surface area contributed by atoms with Crippen LogP contribution in [0.2, 0.25) is 0 Å². The van der Waals surface area contributed by atoms with E-state index in [2.05, 4.69) is 34.0 Å². The minimum Gasteiger partial charge on any atom is -0.469 e. The maximum atomic E-state index is 11.2. The molecule has 1 N–H and O–H groups in total. The van der Waals surface area contributed by atoms with Crippen molar-refractivity contribution in [3.8, 4) is 0 Å². The SMILES string of the molecule is COC(=O)Cc1ccc(CN2CCNC[C@H]2C)cc1.Cl.Cl. The van der Waals surface area contributed by atoms with Crippen LogP contribution < -0.4 is 5.32 Å². The molecule has 21 heavy (non-hydrogen) atoms. The lowest BCUT2D eigenvalue weighted by atomic mass is 10.1. The summed E-state index contributed by atoms with van der Waals surface area (Å²) in [5.74, 6) is -0.191. The lowest BCUT2D eigenvalue weighted by Gasteiger charge is -2.33. The van der Waals surface area contributed by atoms with E-state index in [0.717, 1.165) is 31.7 Å². The topological polar surface area (TPSA) is 41.6 Å². The van der Waals surface area contributed by atoms with E-state index < -0.39 is 0 Å². The average Bonchev–Trinajstić information content (AvgIpc) is 2.43. The van der Waals surface area contributed by atoms with Crippen LogP contribution in [0.15, 0.2) is 24.3 Å². The number of hydrogen-bond donors (Lipinski definition) is 1. The molecule has 0 aliphatic carbocycles. The molecule has 0 spiro atoms. The Kier molecular flexibility index (Phi) is 9.62. The van der Waals surface area contributed by atoms with E-state index in [4.69, 9.17) is 0 Å². The summed E-state index contributed by atoms with van der Waals surface area (Å²) in [7, 11) is 1.42. The number of nitrogens with one attached hydrogen (secondary N) is 1. The molecule has 0 amide bonds. The smallest absolute Gasteiger partial charge is 0.309 e. The van der Waals surface area contributed by atoms with Crippen molar-refractivity contribution < 1.29 is 9.53 Å². The minimum atomic E-state index is -0.191. The van der Waals surface area contributed by atoms with Gasteiger partial charge in [-0.05, 0) is 18.1 Å². The first-order valence-corrected chi connectivity index (χ1v) is 6.78. The standard InChI is InChI=1S/C15H22N2O2.2ClH/c1-12-10-16-7-8-17(12)11-14-5-3-13(4-6-14)9-15(18)19-2;;/h3-6,12,16H,7-11H2,1-2H3;2*1H/t12-;;/m1../s1. The number of rotatable bonds is 4. The highest BCUT2D eigenvalue weighted by molar-refractivity contribution is 5.85. The Morgan fingerprint density at radius 2 is 1.90 bits per heavy atom. The zero-order valence-electron chi connectivity index (χ0n) is 12.5. The molecule has 4 nitrogen and oxygen atoms in total. The Balaban J connectivity index is 0.00000200. The van der Waals surface area contributed by atoms with Gasteiger partial charge in [0.05, 0.1) is 13.5 Å². The van der Waals surface area contributed by atoms with Crippen LogP contribution in [0.25, 0.3) is 0 Å². The Morgan fingerprint density at radius 1 is 1.29 bits per heavy atom. The number of halogens is 2. The third kappa shape index (κ3) is 6.22. The summed E-state index contributed by atoms with van der Waals surface area (Å²) in [6.45, 7) is 6.43. The van der Waals surface area contributed by atoms with Gasteiger partial charge in [0.1, 0.15) is 0 Å². The van der Waals surface area contributed by atoms with Gasteiger partial charge in [0.2, 0.25) is 0 Å². The molecule has 0 aromatic heterocycles. The highest BCUT2D eigenvalue weighted by Gasteiger charge is 2.17. The van der Waals surface area contributed by atoms with Gasteiger partial charge in [-0.3, -0.25) is 9.69 Å². The highest BCUT2D eigenvalue weighted by Crippen LogP contribution is 2.12. The van der Waals surface area contributed by atoms with Gasteiger partial charge in [0, 0.05) is 32.2 Å². The molecule has 2 rings (SSSR count). The Bertz CT molecular complexity index is 426. The van der Waals surface area contributed by atoms with Crippen molar-refractivity contribution in [3.63, 3.8) is 0 Å². The molecule has 1 saturated heterocycles. The minimum absolute atomic E-state index is 0. The quantitative estimate of drug-likeness (QED) is 0.855. The van der Waals surface area contributed by atoms with Crippen molar-refractivity contribution in [2.75, 3.05) is 26.7 Å². The number of carbonyl (C=O) groups excluding carboxylic acids is 1. The fourth-order valence-electron chi connectivity index (χ4n) is 2.35. The van der Waals surface area contributed by atoms with Crippen LogP contribution in [-0.2, 0) is 22.5 Å². The molecule has 1 aromatic carbocycles. The first kappa shape index (κ1) is 20.2. The van der Waals surface area contributed by atoms with E-state index in [9.17, 15) is 4.79 Å². The van der Waals surface area contributed by atoms with Gasteiger partial charge in [-0.2, -0.15) is 0 Å². The largest absolute Gasteiger partial charge is 0.469 e. The molecule has 6 heteroatoms. The molecular formula is C15H24Cl2N2O2. The molecule has 1 heterocycles. The molecule has 1 aromatic rings. The van der Waals surface area contributed by atoms with Crippen LogP contribution in [0, 0.1) is 0 Å². The molecule has 1 aliphatic rings. The van der Waals surface area contributed by atoms with Gasteiger partial charge in [-0.25, -0.2) is 0 Å². The first-order valence-electron chi connectivity index (χ1n) is 6.78. The van der Waals surface area contributed by atoms with Crippen molar-refractivity contribution >= 4 is 30.8 Å². The molecule has 0 saturated carbocycles. The predicted molar refractivity (Wildman–Crippen MR) is 89.4 cm³/mol. The third-order valence-electron chi connectivity index (χ3n) is 3.62. The van der Waals surface area contributed by atoms with E-state index in [1.807, 2.05) is 12.1 Å². The fraction of sp³-hybridized carbons (Fsp3) is 0.533. The summed E-state index contributed by atoms with van der Waals surface area (Å²) in [6.07, 6.45) is 0.348. The van der Waals surface area contributed by atoms with Crippen LogP contribution >= 0.6 is 24.8 Å². The number of benzene rings is 1. The van der Waals surface area contributed by atoms with Gasteiger partial charge in [-0.1, -0.05) is 24.3 Å². The maximum Gasteiger partial charge on any atom is 0.309 e. The molecule has 0 unspecified atom stereocenters. The molecule has 0 radical (unpaired) electrons. The van der Waals surface area contributed by atoms with Crippen LogP contribution in [0.5, 0.6) is 0 Å². The molecule has 1 aliphatic heterocycles. The van der Waals surface area contributed by atoms with Crippen LogP contribution in [0.1, 0.15) is 18.1 Å². The first-order chi connectivity index (χ1) is 9.19. The van der Waals surface area contributed by atoms with E-state index >= 15 is 0 Å². The molecule has 1 atom stereocenters. The average molecular weight is 335 g/mol. The van der Waals surface area contributed by atoms with E-state index in [1.54, 1.807) is 0 Å². The van der Waals surface area contributed by atoms with Crippen molar-refractivity contribution in [1.29, 1.82) is 0 Å². The number of ether oxygens (including phenoxy) is 1. The van der Waals surface area contributed by atoms with Crippen molar-refractivity contribution in [3.05, 3.63) is 35.4 Å². The second-order valence-electron chi connectivity index (χ2n) is 5.09. The van der Waals surface area contributed by atoms with E-state index in [-0.39, 0.29) is 30.8 Å². The number of carbonyl (C=O) groups is 1. The third-order valence-corrected chi connectivity index (χ3v) is 3.62.